The Morgan fingerprint density at radius 1 is 1.15 bits per heavy atom. The Hall–Kier alpha value is -2.77. The molecule has 3 aromatic rings. The Morgan fingerprint density at radius 3 is 2.58 bits per heavy atom. The summed E-state index contributed by atoms with van der Waals surface area (Å²) >= 11 is 6.78. The molecule has 0 saturated carbocycles. The molecule has 0 radical (unpaired) electrons. The fraction of sp³-hybridized carbons (Fsp3) is 0.111. The Kier molecular flexibility index (Phi) is 4.40. The summed E-state index contributed by atoms with van der Waals surface area (Å²) < 4.78 is 0. The average Bonchev–Trinajstić information content (AvgIpc) is 3.26. The summed E-state index contributed by atoms with van der Waals surface area (Å²) in [5.41, 5.74) is 2.84. The topological polar surface area (TPSA) is 77.9 Å². The van der Waals surface area contributed by atoms with Gasteiger partial charge in [0.05, 0.1) is 11.8 Å². The van der Waals surface area contributed by atoms with Crippen LogP contribution in [0.25, 0.3) is 0 Å². The van der Waals surface area contributed by atoms with Crippen molar-refractivity contribution in [3.8, 4) is 0 Å². The van der Waals surface area contributed by atoms with Crippen LogP contribution in [0.2, 0.25) is 5.02 Å². The first-order valence-corrected chi connectivity index (χ1v) is 9.09. The minimum atomic E-state index is -0.340. The third-order valence-electron chi connectivity index (χ3n) is 4.20. The lowest BCUT2D eigenvalue weighted by Crippen LogP contribution is -2.19. The molecule has 4 rings (SSSR count). The number of hydrogen-bond donors (Lipinski definition) is 1. The lowest BCUT2D eigenvalue weighted by Gasteiger charge is -2.22. The van der Waals surface area contributed by atoms with Gasteiger partial charge in [-0.2, -0.15) is 5.10 Å². The molecule has 0 amide bonds. The molecule has 1 N–H and O–H groups in total. The molecule has 0 bridgehead atoms. The van der Waals surface area contributed by atoms with E-state index in [2.05, 4.69) is 15.3 Å². The normalized spacial score (nSPS) is 16.6. The van der Waals surface area contributed by atoms with Crippen LogP contribution >= 0.6 is 22.9 Å². The van der Waals surface area contributed by atoms with Gasteiger partial charge in [0.25, 0.3) is 0 Å². The molecule has 0 spiro atoms. The van der Waals surface area contributed by atoms with Crippen molar-refractivity contribution in [3.63, 3.8) is 0 Å². The number of nitrogens with zero attached hydrogens (tertiary/aromatic N) is 3. The van der Waals surface area contributed by atoms with E-state index in [1.54, 1.807) is 5.01 Å². The second kappa shape index (κ2) is 6.86. The van der Waals surface area contributed by atoms with Gasteiger partial charge in [0.1, 0.15) is 0 Å². The van der Waals surface area contributed by atoms with Crippen molar-refractivity contribution < 1.29 is 0 Å². The number of H-pyrrole nitrogens is 1. The Balaban J connectivity index is 1.81. The van der Waals surface area contributed by atoms with E-state index < -0.39 is 0 Å². The van der Waals surface area contributed by atoms with E-state index in [0.29, 0.717) is 17.3 Å². The van der Waals surface area contributed by atoms with Crippen LogP contribution < -0.4 is 9.88 Å². The van der Waals surface area contributed by atoms with Gasteiger partial charge in [0.2, 0.25) is 5.00 Å². The van der Waals surface area contributed by atoms with Crippen LogP contribution in [0.1, 0.15) is 23.6 Å². The SMILES string of the molecule is O=Nc1sc(=O)[nH]c1N1N=C(c2ccccc2)C[C@H]1c1ccc(Cl)cc1. The third-order valence-corrected chi connectivity index (χ3v) is 5.20. The van der Waals surface area contributed by atoms with Crippen molar-refractivity contribution in [3.05, 3.63) is 85.3 Å². The molecule has 0 saturated heterocycles. The number of thiazole rings is 1. The molecule has 8 heteroatoms. The Morgan fingerprint density at radius 2 is 1.88 bits per heavy atom. The van der Waals surface area contributed by atoms with Gasteiger partial charge in [0, 0.05) is 11.4 Å². The molecular formula is C18H13ClN4O2S. The number of aromatic nitrogens is 1. The maximum atomic E-state index is 11.7. The van der Waals surface area contributed by atoms with E-state index in [-0.39, 0.29) is 15.9 Å². The van der Waals surface area contributed by atoms with E-state index >= 15 is 0 Å². The van der Waals surface area contributed by atoms with E-state index in [4.69, 9.17) is 11.6 Å². The highest BCUT2D eigenvalue weighted by atomic mass is 35.5. The van der Waals surface area contributed by atoms with E-state index in [9.17, 15) is 9.70 Å². The summed E-state index contributed by atoms with van der Waals surface area (Å²) in [5, 5.41) is 10.1. The lowest BCUT2D eigenvalue weighted by atomic mass is 9.98. The van der Waals surface area contributed by atoms with Gasteiger partial charge in [-0.05, 0) is 39.8 Å². The smallest absolute Gasteiger partial charge is 0.296 e. The van der Waals surface area contributed by atoms with Crippen LogP contribution in [0.4, 0.5) is 10.8 Å². The van der Waals surface area contributed by atoms with Crippen molar-refractivity contribution in [2.45, 2.75) is 12.5 Å². The van der Waals surface area contributed by atoms with Crippen LogP contribution in [0.15, 0.2) is 69.7 Å². The van der Waals surface area contributed by atoms with Crippen LogP contribution in [0, 0.1) is 4.91 Å². The number of anilines is 1. The Bertz CT molecular complexity index is 1030. The van der Waals surface area contributed by atoms with Gasteiger partial charge in [-0.15, -0.1) is 4.91 Å². The number of rotatable bonds is 4. The number of nitroso groups, excluding NO2 is 1. The number of halogens is 1. The maximum Gasteiger partial charge on any atom is 0.308 e. The zero-order valence-electron chi connectivity index (χ0n) is 13.4. The monoisotopic (exact) mass is 384 g/mol. The lowest BCUT2D eigenvalue weighted by molar-refractivity contribution is 0.700. The molecule has 1 aromatic heterocycles. The van der Waals surface area contributed by atoms with Crippen molar-refractivity contribution in [1.82, 2.24) is 4.98 Å². The molecule has 26 heavy (non-hydrogen) atoms. The zero-order valence-corrected chi connectivity index (χ0v) is 15.0. The number of hydrogen-bond acceptors (Lipinski definition) is 6. The minimum Gasteiger partial charge on any atom is -0.296 e. The second-order valence-electron chi connectivity index (χ2n) is 5.79. The number of hydrazone groups is 1. The molecular weight excluding hydrogens is 372 g/mol. The van der Waals surface area contributed by atoms with Gasteiger partial charge in [-0.25, -0.2) is 5.01 Å². The van der Waals surface area contributed by atoms with Gasteiger partial charge >= 0.3 is 4.87 Å². The number of benzene rings is 2. The van der Waals surface area contributed by atoms with Crippen LogP contribution in [-0.2, 0) is 0 Å². The van der Waals surface area contributed by atoms with E-state index in [1.807, 2.05) is 54.6 Å². The van der Waals surface area contributed by atoms with E-state index in [0.717, 1.165) is 28.2 Å². The first-order valence-electron chi connectivity index (χ1n) is 7.90. The van der Waals surface area contributed by atoms with Crippen molar-refractivity contribution in [1.29, 1.82) is 0 Å². The first kappa shape index (κ1) is 16.7. The quantitative estimate of drug-likeness (QED) is 0.653. The second-order valence-corrected chi connectivity index (χ2v) is 7.19. The minimum absolute atomic E-state index is 0.0898. The molecule has 2 aromatic carbocycles. The number of nitrogens with one attached hydrogen (secondary N) is 1. The summed E-state index contributed by atoms with van der Waals surface area (Å²) in [5.74, 6) is 0.320. The Labute approximate surface area is 157 Å². The molecule has 130 valence electrons. The summed E-state index contributed by atoms with van der Waals surface area (Å²) in [7, 11) is 0. The fourth-order valence-electron chi connectivity index (χ4n) is 3.00. The van der Waals surface area contributed by atoms with Crippen molar-refractivity contribution >= 4 is 39.5 Å². The third kappa shape index (κ3) is 3.07. The molecule has 6 nitrogen and oxygen atoms in total. The summed E-state index contributed by atoms with van der Waals surface area (Å²) in [6, 6.07) is 17.1. The molecule has 2 heterocycles. The largest absolute Gasteiger partial charge is 0.308 e. The predicted octanol–water partition coefficient (Wildman–Crippen LogP) is 4.84. The summed E-state index contributed by atoms with van der Waals surface area (Å²) in [6.45, 7) is 0. The van der Waals surface area contributed by atoms with E-state index in [1.165, 1.54) is 0 Å². The van der Waals surface area contributed by atoms with Crippen LogP contribution in [0.5, 0.6) is 0 Å². The van der Waals surface area contributed by atoms with Crippen LogP contribution in [-0.4, -0.2) is 10.7 Å². The van der Waals surface area contributed by atoms with Crippen molar-refractivity contribution in [2.24, 2.45) is 10.3 Å². The summed E-state index contributed by atoms with van der Waals surface area (Å²) in [4.78, 5) is 25.2. The highest BCUT2D eigenvalue weighted by molar-refractivity contribution is 7.13. The molecule has 0 fully saturated rings. The summed E-state index contributed by atoms with van der Waals surface area (Å²) in [6.07, 6.45) is 0.627. The zero-order chi connectivity index (χ0) is 18.1. The molecule has 1 aliphatic rings. The van der Waals surface area contributed by atoms with Gasteiger partial charge in [0.15, 0.2) is 5.82 Å². The van der Waals surface area contributed by atoms with Gasteiger partial charge in [-0.1, -0.05) is 54.1 Å². The highest BCUT2D eigenvalue weighted by Gasteiger charge is 2.33. The highest BCUT2D eigenvalue weighted by Crippen LogP contribution is 2.40. The standard InChI is InChI=1S/C18H13ClN4O2S/c19-13-8-6-12(7-9-13)15-10-14(11-4-2-1-3-5-11)21-23(15)16-17(22-25)26-18(24)20-16/h1-9,15H,10H2,(H,20,24)/t15-/m0/s1. The van der Waals surface area contributed by atoms with Crippen molar-refractivity contribution in [2.75, 3.05) is 5.01 Å². The predicted molar refractivity (Wildman–Crippen MR) is 105 cm³/mol. The van der Waals surface area contributed by atoms with Gasteiger partial charge < -0.3 is 0 Å². The maximum absolute atomic E-state index is 11.7. The molecule has 1 aliphatic heterocycles. The molecule has 0 unspecified atom stereocenters. The fourth-order valence-corrected chi connectivity index (χ4v) is 3.72. The first-order chi connectivity index (χ1) is 12.7. The average molecular weight is 385 g/mol. The molecule has 0 aliphatic carbocycles. The molecule has 1 atom stereocenters. The van der Waals surface area contributed by atoms with Gasteiger partial charge in [-0.3, -0.25) is 9.78 Å². The van der Waals surface area contributed by atoms with Crippen LogP contribution in [0.3, 0.4) is 0 Å². The number of aromatic amines is 1.